The molecule has 0 aliphatic rings. The minimum Gasteiger partial charge on any atom is -0.314 e. The fourth-order valence-corrected chi connectivity index (χ4v) is 3.88. The van der Waals surface area contributed by atoms with E-state index in [1.165, 1.54) is 14.9 Å². The van der Waals surface area contributed by atoms with Crippen LogP contribution in [-0.2, 0) is 12.8 Å². The van der Waals surface area contributed by atoms with Crippen LogP contribution in [0.2, 0.25) is 0 Å². The van der Waals surface area contributed by atoms with E-state index in [0.29, 0.717) is 12.0 Å². The number of halogens is 1. The Morgan fingerprint density at radius 1 is 1.15 bits per heavy atom. The quantitative estimate of drug-likeness (QED) is 0.747. The number of hydrogen-bond donors (Lipinski definition) is 1. The third kappa shape index (κ3) is 5.39. The SMILES string of the molecule is CC(C)NCC(Cc1ccccc1)Cc1cc(Br)cs1. The molecule has 1 nitrogen and oxygen atoms in total. The van der Waals surface area contributed by atoms with Gasteiger partial charge in [0.05, 0.1) is 0 Å². The van der Waals surface area contributed by atoms with E-state index in [0.717, 1.165) is 19.4 Å². The van der Waals surface area contributed by atoms with Crippen LogP contribution in [0, 0.1) is 5.92 Å². The van der Waals surface area contributed by atoms with Gasteiger partial charge in [-0.2, -0.15) is 0 Å². The van der Waals surface area contributed by atoms with Gasteiger partial charge in [0.25, 0.3) is 0 Å². The number of nitrogens with one attached hydrogen (secondary N) is 1. The summed E-state index contributed by atoms with van der Waals surface area (Å²) in [6.07, 6.45) is 2.28. The first kappa shape index (κ1) is 15.7. The Labute approximate surface area is 134 Å². The fourth-order valence-electron chi connectivity index (χ4n) is 2.31. The van der Waals surface area contributed by atoms with Crippen molar-refractivity contribution in [1.82, 2.24) is 5.32 Å². The van der Waals surface area contributed by atoms with Crippen LogP contribution in [0.25, 0.3) is 0 Å². The highest BCUT2D eigenvalue weighted by atomic mass is 79.9. The number of hydrogen-bond acceptors (Lipinski definition) is 2. The Morgan fingerprint density at radius 2 is 1.90 bits per heavy atom. The van der Waals surface area contributed by atoms with Crippen LogP contribution < -0.4 is 5.32 Å². The molecule has 0 amide bonds. The summed E-state index contributed by atoms with van der Waals surface area (Å²) in [6, 6.07) is 13.6. The zero-order valence-electron chi connectivity index (χ0n) is 12.1. The van der Waals surface area contributed by atoms with Crippen LogP contribution >= 0.6 is 27.3 Å². The lowest BCUT2D eigenvalue weighted by Crippen LogP contribution is -2.30. The van der Waals surface area contributed by atoms with Crippen molar-refractivity contribution < 1.29 is 0 Å². The Hall–Kier alpha value is -0.640. The summed E-state index contributed by atoms with van der Waals surface area (Å²) in [6.45, 7) is 5.49. The molecule has 1 heterocycles. The summed E-state index contributed by atoms with van der Waals surface area (Å²) in [4.78, 5) is 1.46. The minimum atomic E-state index is 0.545. The lowest BCUT2D eigenvalue weighted by atomic mass is 9.95. The van der Waals surface area contributed by atoms with E-state index < -0.39 is 0 Å². The zero-order valence-corrected chi connectivity index (χ0v) is 14.5. The van der Waals surface area contributed by atoms with E-state index in [2.05, 4.69) is 76.9 Å². The van der Waals surface area contributed by atoms with Crippen molar-refractivity contribution in [2.45, 2.75) is 32.7 Å². The molecule has 0 spiro atoms. The van der Waals surface area contributed by atoms with Crippen LogP contribution in [0.4, 0.5) is 0 Å². The van der Waals surface area contributed by atoms with Crippen molar-refractivity contribution in [1.29, 1.82) is 0 Å². The Morgan fingerprint density at radius 3 is 2.50 bits per heavy atom. The van der Waals surface area contributed by atoms with Gasteiger partial charge >= 0.3 is 0 Å². The number of thiophene rings is 1. The maximum atomic E-state index is 3.59. The van der Waals surface area contributed by atoms with Crippen molar-refractivity contribution in [2.75, 3.05) is 6.54 Å². The average Bonchev–Trinajstić information content (AvgIpc) is 2.82. The van der Waals surface area contributed by atoms with Gasteiger partial charge in [-0.3, -0.25) is 0 Å². The first-order chi connectivity index (χ1) is 9.63. The Bertz CT molecular complexity index is 507. The first-order valence-corrected chi connectivity index (χ1v) is 8.81. The summed E-state index contributed by atoms with van der Waals surface area (Å²) in [5.74, 6) is 0.644. The molecule has 0 bridgehead atoms. The molecule has 0 aliphatic heterocycles. The van der Waals surface area contributed by atoms with Gasteiger partial charge in [0, 0.05) is 20.8 Å². The van der Waals surface area contributed by atoms with E-state index in [-0.39, 0.29) is 0 Å². The van der Waals surface area contributed by atoms with Gasteiger partial charge in [-0.15, -0.1) is 11.3 Å². The molecule has 1 N–H and O–H groups in total. The largest absolute Gasteiger partial charge is 0.314 e. The Kier molecular flexibility index (Phi) is 6.27. The molecule has 2 aromatic rings. The molecule has 3 heteroatoms. The molecule has 1 atom stereocenters. The van der Waals surface area contributed by atoms with Crippen LogP contribution in [-0.4, -0.2) is 12.6 Å². The van der Waals surface area contributed by atoms with Crippen molar-refractivity contribution >= 4 is 27.3 Å². The predicted octanol–water partition coefficient (Wildman–Crippen LogP) is 4.91. The monoisotopic (exact) mass is 351 g/mol. The van der Waals surface area contributed by atoms with E-state index in [1.54, 1.807) is 0 Å². The topological polar surface area (TPSA) is 12.0 Å². The molecule has 0 fully saturated rings. The summed E-state index contributed by atoms with van der Waals surface area (Å²) in [7, 11) is 0. The van der Waals surface area contributed by atoms with E-state index in [9.17, 15) is 0 Å². The molecule has 1 aromatic heterocycles. The molecular formula is C17H22BrNS. The van der Waals surface area contributed by atoms with Crippen molar-refractivity contribution in [2.24, 2.45) is 5.92 Å². The second-order valence-electron chi connectivity index (χ2n) is 5.55. The predicted molar refractivity (Wildman–Crippen MR) is 92.5 cm³/mol. The maximum Gasteiger partial charge on any atom is 0.0285 e. The lowest BCUT2D eigenvalue weighted by Gasteiger charge is -2.19. The minimum absolute atomic E-state index is 0.545. The molecule has 0 aliphatic carbocycles. The Balaban J connectivity index is 2.00. The molecule has 2 rings (SSSR count). The average molecular weight is 352 g/mol. The summed E-state index contributed by atoms with van der Waals surface area (Å²) < 4.78 is 1.20. The number of benzene rings is 1. The van der Waals surface area contributed by atoms with Crippen molar-refractivity contribution in [3.63, 3.8) is 0 Å². The van der Waals surface area contributed by atoms with Gasteiger partial charge in [-0.05, 0) is 52.9 Å². The van der Waals surface area contributed by atoms with Crippen LogP contribution in [0.15, 0.2) is 46.3 Å². The molecule has 0 radical (unpaired) electrons. The van der Waals surface area contributed by atoms with Gasteiger partial charge in [0.2, 0.25) is 0 Å². The molecule has 108 valence electrons. The van der Waals surface area contributed by atoms with Gasteiger partial charge in [0.1, 0.15) is 0 Å². The van der Waals surface area contributed by atoms with E-state index in [1.807, 2.05) is 11.3 Å². The van der Waals surface area contributed by atoms with Gasteiger partial charge < -0.3 is 5.32 Å². The smallest absolute Gasteiger partial charge is 0.0285 e. The zero-order chi connectivity index (χ0) is 14.4. The number of rotatable bonds is 7. The highest BCUT2D eigenvalue weighted by Gasteiger charge is 2.12. The molecule has 0 saturated heterocycles. The molecule has 1 unspecified atom stereocenters. The first-order valence-electron chi connectivity index (χ1n) is 7.13. The van der Waals surface area contributed by atoms with Crippen LogP contribution in [0.3, 0.4) is 0 Å². The van der Waals surface area contributed by atoms with Crippen molar-refractivity contribution in [3.8, 4) is 0 Å². The van der Waals surface area contributed by atoms with Crippen molar-refractivity contribution in [3.05, 3.63) is 56.7 Å². The highest BCUT2D eigenvalue weighted by molar-refractivity contribution is 9.10. The summed E-state index contributed by atoms with van der Waals surface area (Å²) in [5.41, 5.74) is 1.43. The normalized spacial score (nSPS) is 12.8. The molecule has 0 saturated carbocycles. The summed E-state index contributed by atoms with van der Waals surface area (Å²) >= 11 is 5.39. The molecular weight excluding hydrogens is 330 g/mol. The van der Waals surface area contributed by atoms with Gasteiger partial charge in [-0.1, -0.05) is 44.2 Å². The molecule has 20 heavy (non-hydrogen) atoms. The summed E-state index contributed by atoms with van der Waals surface area (Å²) in [5, 5.41) is 5.76. The maximum absolute atomic E-state index is 3.59. The van der Waals surface area contributed by atoms with E-state index >= 15 is 0 Å². The third-order valence-corrected chi connectivity index (χ3v) is 5.01. The highest BCUT2D eigenvalue weighted by Crippen LogP contribution is 2.23. The molecule has 1 aromatic carbocycles. The standard InChI is InChI=1S/C17H22BrNS/c1-13(2)19-11-15(8-14-6-4-3-5-7-14)9-17-10-16(18)12-20-17/h3-7,10,12-13,15,19H,8-9,11H2,1-2H3. The van der Waals surface area contributed by atoms with E-state index in [4.69, 9.17) is 0 Å². The third-order valence-electron chi connectivity index (χ3n) is 3.29. The second-order valence-corrected chi connectivity index (χ2v) is 7.47. The second kappa shape index (κ2) is 7.96. The van der Waals surface area contributed by atoms with Crippen LogP contribution in [0.1, 0.15) is 24.3 Å². The fraction of sp³-hybridized carbons (Fsp3) is 0.412. The van der Waals surface area contributed by atoms with Gasteiger partial charge in [-0.25, -0.2) is 0 Å². The van der Waals surface area contributed by atoms with Gasteiger partial charge in [0.15, 0.2) is 0 Å². The van der Waals surface area contributed by atoms with Crippen LogP contribution in [0.5, 0.6) is 0 Å². The lowest BCUT2D eigenvalue weighted by molar-refractivity contribution is 0.446.